The summed E-state index contributed by atoms with van der Waals surface area (Å²) in [5.74, 6) is 0.771. The Morgan fingerprint density at radius 3 is 2.80 bits per heavy atom. The van der Waals surface area contributed by atoms with Gasteiger partial charge in [-0.3, -0.25) is 9.78 Å². The topological polar surface area (TPSA) is 64.1 Å². The van der Waals surface area contributed by atoms with E-state index in [1.165, 1.54) is 0 Å². The van der Waals surface area contributed by atoms with E-state index in [4.69, 9.17) is 4.74 Å². The molecule has 0 atom stereocenters. The summed E-state index contributed by atoms with van der Waals surface area (Å²) in [5, 5.41) is 3.12. The third kappa shape index (κ3) is 4.79. The average Bonchev–Trinajstić information content (AvgIpc) is 2.48. The van der Waals surface area contributed by atoms with Crippen LogP contribution in [0.3, 0.4) is 0 Å². The molecule has 5 nitrogen and oxygen atoms in total. The highest BCUT2D eigenvalue weighted by molar-refractivity contribution is 5.76. The van der Waals surface area contributed by atoms with Crippen molar-refractivity contribution in [1.29, 1.82) is 0 Å². The largest absolute Gasteiger partial charge is 0.473 e. The van der Waals surface area contributed by atoms with Gasteiger partial charge in [0.15, 0.2) is 0 Å². The zero-order chi connectivity index (χ0) is 14.2. The number of aromatic nitrogens is 2. The predicted octanol–water partition coefficient (Wildman–Crippen LogP) is 2.47. The number of hydrogen-bond acceptors (Lipinski definition) is 4. The van der Waals surface area contributed by atoms with Gasteiger partial charge in [0.25, 0.3) is 0 Å². The minimum atomic E-state index is 0.185. The standard InChI is InChI=1S/C15H23N3O2/c1-2-3-4-14(19)18-12-5-7-13(8-6-12)20-15-11-16-9-10-17-15/h9-13H,2-8H2,1H3,(H,18,19). The Morgan fingerprint density at radius 1 is 1.35 bits per heavy atom. The fourth-order valence-corrected chi connectivity index (χ4v) is 2.48. The first kappa shape index (κ1) is 14.8. The van der Waals surface area contributed by atoms with Gasteiger partial charge >= 0.3 is 0 Å². The molecule has 1 N–H and O–H groups in total. The van der Waals surface area contributed by atoms with Crippen molar-refractivity contribution in [2.75, 3.05) is 0 Å². The molecule has 0 saturated heterocycles. The molecule has 1 heterocycles. The van der Waals surface area contributed by atoms with Gasteiger partial charge in [0.2, 0.25) is 11.8 Å². The normalized spacial score (nSPS) is 22.2. The second kappa shape index (κ2) is 7.82. The molecule has 1 fully saturated rings. The Morgan fingerprint density at radius 2 is 2.15 bits per heavy atom. The molecule has 1 aromatic heterocycles. The van der Waals surface area contributed by atoms with Crippen molar-refractivity contribution < 1.29 is 9.53 Å². The number of carbonyl (C=O) groups is 1. The lowest BCUT2D eigenvalue weighted by atomic mass is 9.93. The van der Waals surface area contributed by atoms with Crippen molar-refractivity contribution >= 4 is 5.91 Å². The fraction of sp³-hybridized carbons (Fsp3) is 0.667. The molecule has 1 aliphatic carbocycles. The molecule has 2 rings (SSSR count). The van der Waals surface area contributed by atoms with Gasteiger partial charge in [-0.05, 0) is 32.1 Å². The number of amides is 1. The molecule has 0 bridgehead atoms. The van der Waals surface area contributed by atoms with Crippen molar-refractivity contribution in [3.8, 4) is 5.88 Å². The summed E-state index contributed by atoms with van der Waals surface area (Å²) in [4.78, 5) is 19.8. The lowest BCUT2D eigenvalue weighted by molar-refractivity contribution is -0.122. The van der Waals surface area contributed by atoms with Gasteiger partial charge in [-0.2, -0.15) is 0 Å². The monoisotopic (exact) mass is 277 g/mol. The Kier molecular flexibility index (Phi) is 5.77. The van der Waals surface area contributed by atoms with Crippen LogP contribution in [0.4, 0.5) is 0 Å². The van der Waals surface area contributed by atoms with E-state index in [1.807, 2.05) is 0 Å². The molecule has 1 saturated carbocycles. The van der Waals surface area contributed by atoms with E-state index in [0.29, 0.717) is 18.3 Å². The first-order valence-corrected chi connectivity index (χ1v) is 7.50. The van der Waals surface area contributed by atoms with E-state index in [1.54, 1.807) is 18.6 Å². The molecule has 1 aliphatic rings. The first-order chi connectivity index (χ1) is 9.78. The van der Waals surface area contributed by atoms with E-state index in [2.05, 4.69) is 22.2 Å². The number of unbranched alkanes of at least 4 members (excludes halogenated alkanes) is 1. The van der Waals surface area contributed by atoms with Crippen LogP contribution in [-0.2, 0) is 4.79 Å². The highest BCUT2D eigenvalue weighted by Gasteiger charge is 2.23. The highest BCUT2D eigenvalue weighted by atomic mass is 16.5. The van der Waals surface area contributed by atoms with Crippen LogP contribution in [0.1, 0.15) is 51.9 Å². The average molecular weight is 277 g/mol. The number of nitrogens with one attached hydrogen (secondary N) is 1. The van der Waals surface area contributed by atoms with Crippen LogP contribution in [0, 0.1) is 0 Å². The zero-order valence-corrected chi connectivity index (χ0v) is 12.0. The second-order valence-corrected chi connectivity index (χ2v) is 5.31. The van der Waals surface area contributed by atoms with Crippen molar-refractivity contribution in [1.82, 2.24) is 15.3 Å². The Balaban J connectivity index is 1.68. The Hall–Kier alpha value is -1.65. The van der Waals surface area contributed by atoms with Crippen LogP contribution < -0.4 is 10.1 Å². The smallest absolute Gasteiger partial charge is 0.232 e. The summed E-state index contributed by atoms with van der Waals surface area (Å²) in [6.45, 7) is 2.10. The van der Waals surface area contributed by atoms with Crippen LogP contribution in [0.2, 0.25) is 0 Å². The lowest BCUT2D eigenvalue weighted by Gasteiger charge is -2.29. The Labute approximate surface area is 120 Å². The molecule has 0 aromatic carbocycles. The van der Waals surface area contributed by atoms with Gasteiger partial charge in [0.05, 0.1) is 6.20 Å². The van der Waals surface area contributed by atoms with Crippen molar-refractivity contribution in [2.24, 2.45) is 0 Å². The summed E-state index contributed by atoms with van der Waals surface area (Å²) in [6.07, 6.45) is 11.6. The number of hydrogen-bond donors (Lipinski definition) is 1. The maximum absolute atomic E-state index is 11.7. The number of nitrogens with zero attached hydrogens (tertiary/aromatic N) is 2. The second-order valence-electron chi connectivity index (χ2n) is 5.31. The maximum atomic E-state index is 11.7. The van der Waals surface area contributed by atoms with E-state index in [0.717, 1.165) is 38.5 Å². The Bertz CT molecular complexity index is 403. The molecule has 0 aliphatic heterocycles. The molecular weight excluding hydrogens is 254 g/mol. The first-order valence-electron chi connectivity index (χ1n) is 7.50. The van der Waals surface area contributed by atoms with Gasteiger partial charge in [-0.15, -0.1) is 0 Å². The summed E-state index contributed by atoms with van der Waals surface area (Å²) >= 11 is 0. The minimum absolute atomic E-state index is 0.185. The summed E-state index contributed by atoms with van der Waals surface area (Å²) in [5.41, 5.74) is 0. The lowest BCUT2D eigenvalue weighted by Crippen LogP contribution is -2.39. The molecule has 20 heavy (non-hydrogen) atoms. The molecule has 110 valence electrons. The summed E-state index contributed by atoms with van der Waals surface area (Å²) < 4.78 is 5.79. The van der Waals surface area contributed by atoms with Crippen LogP contribution in [0.5, 0.6) is 5.88 Å². The third-order valence-electron chi connectivity index (χ3n) is 3.62. The maximum Gasteiger partial charge on any atom is 0.232 e. The summed E-state index contributed by atoms with van der Waals surface area (Å²) in [6, 6.07) is 0.307. The third-order valence-corrected chi connectivity index (χ3v) is 3.62. The van der Waals surface area contributed by atoms with Crippen molar-refractivity contribution in [3.05, 3.63) is 18.6 Å². The van der Waals surface area contributed by atoms with Crippen molar-refractivity contribution in [3.63, 3.8) is 0 Å². The van der Waals surface area contributed by atoms with E-state index in [-0.39, 0.29) is 12.0 Å². The molecule has 0 spiro atoms. The van der Waals surface area contributed by atoms with E-state index in [9.17, 15) is 4.79 Å². The van der Waals surface area contributed by atoms with Crippen LogP contribution in [0.15, 0.2) is 18.6 Å². The summed E-state index contributed by atoms with van der Waals surface area (Å²) in [7, 11) is 0. The molecule has 5 heteroatoms. The minimum Gasteiger partial charge on any atom is -0.473 e. The van der Waals surface area contributed by atoms with Gasteiger partial charge in [-0.25, -0.2) is 4.98 Å². The van der Waals surface area contributed by atoms with E-state index >= 15 is 0 Å². The zero-order valence-electron chi connectivity index (χ0n) is 12.0. The van der Waals surface area contributed by atoms with Crippen LogP contribution in [-0.4, -0.2) is 28.0 Å². The van der Waals surface area contributed by atoms with Gasteiger partial charge < -0.3 is 10.1 Å². The van der Waals surface area contributed by atoms with Crippen LogP contribution in [0.25, 0.3) is 0 Å². The molecule has 1 aromatic rings. The van der Waals surface area contributed by atoms with Gasteiger partial charge in [0.1, 0.15) is 6.10 Å². The van der Waals surface area contributed by atoms with Crippen molar-refractivity contribution in [2.45, 2.75) is 64.0 Å². The SMILES string of the molecule is CCCCC(=O)NC1CCC(Oc2cnccn2)CC1. The number of carbonyl (C=O) groups excluding carboxylic acids is 1. The highest BCUT2D eigenvalue weighted by Crippen LogP contribution is 2.22. The molecule has 0 radical (unpaired) electrons. The van der Waals surface area contributed by atoms with Crippen LogP contribution >= 0.6 is 0 Å². The quantitative estimate of drug-likeness (QED) is 0.867. The predicted molar refractivity (Wildman–Crippen MR) is 76.4 cm³/mol. The molecule has 1 amide bonds. The van der Waals surface area contributed by atoms with Gasteiger partial charge in [0, 0.05) is 24.9 Å². The fourth-order valence-electron chi connectivity index (χ4n) is 2.48. The number of ether oxygens (including phenoxy) is 1. The van der Waals surface area contributed by atoms with E-state index < -0.39 is 0 Å². The molecular formula is C15H23N3O2. The number of rotatable bonds is 6. The molecule has 0 unspecified atom stereocenters. The van der Waals surface area contributed by atoms with Gasteiger partial charge in [-0.1, -0.05) is 13.3 Å².